The second kappa shape index (κ2) is 11.7. The van der Waals surface area contributed by atoms with Gasteiger partial charge in [0.1, 0.15) is 0 Å². The molecule has 1 saturated heterocycles. The van der Waals surface area contributed by atoms with Crippen molar-refractivity contribution in [3.63, 3.8) is 0 Å². The molecule has 192 valence electrons. The molecule has 1 atom stereocenters. The highest BCUT2D eigenvalue weighted by Gasteiger charge is 2.83. The van der Waals surface area contributed by atoms with Gasteiger partial charge in [0.15, 0.2) is 6.04 Å². The normalized spacial score (nSPS) is 17.7. The molecule has 35 heavy (non-hydrogen) atoms. The minimum Gasteiger partial charge on any atom is -0.467 e. The van der Waals surface area contributed by atoms with Crippen molar-refractivity contribution in [2.45, 2.75) is 33.7 Å². The first-order valence-corrected chi connectivity index (χ1v) is 11.3. The maximum Gasteiger partial charge on any atom is 0.330 e. The lowest BCUT2D eigenvalue weighted by Crippen LogP contribution is -2.66. The predicted molar refractivity (Wildman–Crippen MR) is 121 cm³/mol. The maximum atomic E-state index is 13.8. The molecule has 1 unspecified atom stereocenters. The number of rotatable bonds is 10. The molecule has 0 saturated carbocycles. The van der Waals surface area contributed by atoms with E-state index in [-0.39, 0.29) is 26.4 Å². The first-order valence-electron chi connectivity index (χ1n) is 11.3. The Kier molecular flexibility index (Phi) is 9.21. The van der Waals surface area contributed by atoms with E-state index in [1.54, 1.807) is 30.3 Å². The number of para-hydroxylation sites is 1. The Morgan fingerprint density at radius 2 is 1.20 bits per heavy atom. The van der Waals surface area contributed by atoms with Crippen LogP contribution in [0.25, 0.3) is 0 Å². The molecule has 0 spiro atoms. The molecule has 0 radical (unpaired) electrons. The van der Waals surface area contributed by atoms with E-state index >= 15 is 0 Å². The molecule has 1 fully saturated rings. The van der Waals surface area contributed by atoms with E-state index in [2.05, 4.69) is 0 Å². The summed E-state index contributed by atoms with van der Waals surface area (Å²) in [7, 11) is 1.06. The molecule has 1 aliphatic heterocycles. The number of esters is 5. The Morgan fingerprint density at radius 1 is 0.771 bits per heavy atom. The average molecular weight is 494 g/mol. The van der Waals surface area contributed by atoms with Crippen LogP contribution in [0.15, 0.2) is 30.3 Å². The monoisotopic (exact) mass is 493 g/mol. The van der Waals surface area contributed by atoms with E-state index < -0.39 is 53.3 Å². The van der Waals surface area contributed by atoms with Gasteiger partial charge in [-0.25, -0.2) is 4.79 Å². The lowest BCUT2D eigenvalue weighted by molar-refractivity contribution is -0.201. The second-order valence-corrected chi connectivity index (χ2v) is 7.48. The molecule has 1 heterocycles. The van der Waals surface area contributed by atoms with Crippen LogP contribution in [0.3, 0.4) is 0 Å². The summed E-state index contributed by atoms with van der Waals surface area (Å²) in [6.45, 7) is 4.51. The third kappa shape index (κ3) is 4.42. The van der Waals surface area contributed by atoms with Crippen LogP contribution in [0.5, 0.6) is 0 Å². The molecule has 1 aromatic rings. The van der Waals surface area contributed by atoms with Gasteiger partial charge in [-0.2, -0.15) is 0 Å². The fourth-order valence-corrected chi connectivity index (χ4v) is 4.40. The highest BCUT2D eigenvalue weighted by atomic mass is 16.6. The van der Waals surface area contributed by atoms with Gasteiger partial charge in [-0.15, -0.1) is 0 Å². The van der Waals surface area contributed by atoms with Gasteiger partial charge in [0, 0.05) is 12.2 Å². The van der Waals surface area contributed by atoms with Crippen molar-refractivity contribution in [2.24, 2.45) is 10.8 Å². The fourth-order valence-electron chi connectivity index (χ4n) is 4.40. The molecule has 1 aliphatic rings. The van der Waals surface area contributed by atoms with Crippen molar-refractivity contribution >= 4 is 35.5 Å². The Hall–Kier alpha value is -3.63. The van der Waals surface area contributed by atoms with Crippen molar-refractivity contribution in [1.29, 1.82) is 0 Å². The minimum atomic E-state index is -2.83. The van der Waals surface area contributed by atoms with E-state index in [0.29, 0.717) is 5.69 Å². The van der Waals surface area contributed by atoms with Gasteiger partial charge in [0.25, 0.3) is 0 Å². The van der Waals surface area contributed by atoms with E-state index in [0.717, 1.165) is 7.11 Å². The van der Waals surface area contributed by atoms with Crippen LogP contribution in [-0.2, 0) is 47.7 Å². The number of carbonyl (C=O) groups excluding carboxylic acids is 5. The Bertz CT molecular complexity index is 909. The van der Waals surface area contributed by atoms with Gasteiger partial charge in [-0.05, 0) is 39.8 Å². The van der Waals surface area contributed by atoms with Crippen LogP contribution in [-0.4, -0.2) is 76.0 Å². The number of methoxy groups -OCH3 is 1. The zero-order chi connectivity index (χ0) is 26.2. The van der Waals surface area contributed by atoms with E-state index in [4.69, 9.17) is 23.7 Å². The quantitative estimate of drug-likeness (QED) is 0.265. The Labute approximate surface area is 203 Å². The second-order valence-electron chi connectivity index (χ2n) is 7.48. The molecule has 11 heteroatoms. The van der Waals surface area contributed by atoms with Crippen LogP contribution in [0.1, 0.15) is 27.7 Å². The molecule has 2 rings (SSSR count). The molecule has 1 aromatic carbocycles. The van der Waals surface area contributed by atoms with E-state index in [1.165, 1.54) is 32.6 Å². The summed E-state index contributed by atoms with van der Waals surface area (Å²) in [4.78, 5) is 69.3. The Morgan fingerprint density at radius 3 is 1.60 bits per heavy atom. The van der Waals surface area contributed by atoms with Gasteiger partial charge in [-0.1, -0.05) is 18.2 Å². The predicted octanol–water partition coefficient (Wildman–Crippen LogP) is 1.27. The van der Waals surface area contributed by atoms with Gasteiger partial charge in [0.2, 0.25) is 10.8 Å². The third-order valence-electron chi connectivity index (χ3n) is 5.76. The molecule has 11 nitrogen and oxygen atoms in total. The molecule has 0 amide bonds. The smallest absolute Gasteiger partial charge is 0.330 e. The number of hydrogen-bond donors (Lipinski definition) is 0. The topological polar surface area (TPSA) is 135 Å². The number of anilines is 1. The molecule has 0 N–H and O–H groups in total. The van der Waals surface area contributed by atoms with E-state index in [9.17, 15) is 24.0 Å². The maximum absolute atomic E-state index is 13.8. The summed E-state index contributed by atoms with van der Waals surface area (Å²) in [6.07, 6.45) is 0. The SMILES string of the molecule is CCOC(=O)C1(C(=O)OCC)CN(c2ccccc2)C(C(=O)OC)C1(C(=O)OCC)C(=O)OCC. The van der Waals surface area contributed by atoms with Gasteiger partial charge < -0.3 is 28.6 Å². The van der Waals surface area contributed by atoms with Gasteiger partial charge in [-0.3, -0.25) is 19.2 Å². The third-order valence-corrected chi connectivity index (χ3v) is 5.76. The van der Waals surface area contributed by atoms with Gasteiger partial charge in [0.05, 0.1) is 33.5 Å². The number of nitrogens with zero attached hydrogens (tertiary/aromatic N) is 1. The summed E-state index contributed by atoms with van der Waals surface area (Å²) < 4.78 is 25.9. The van der Waals surface area contributed by atoms with Gasteiger partial charge >= 0.3 is 29.8 Å². The molecular weight excluding hydrogens is 462 g/mol. The largest absolute Gasteiger partial charge is 0.467 e. The summed E-state index contributed by atoms with van der Waals surface area (Å²) in [5.41, 5.74) is -5.15. The zero-order valence-electron chi connectivity index (χ0n) is 20.5. The number of benzene rings is 1. The lowest BCUT2D eigenvalue weighted by atomic mass is 9.61. The summed E-state index contributed by atoms with van der Waals surface area (Å²) in [5, 5.41) is 0. The highest BCUT2D eigenvalue weighted by Crippen LogP contribution is 2.55. The highest BCUT2D eigenvalue weighted by molar-refractivity contribution is 6.19. The summed E-state index contributed by atoms with van der Waals surface area (Å²) >= 11 is 0. The Balaban J connectivity index is 3.09. The van der Waals surface area contributed by atoms with Crippen LogP contribution >= 0.6 is 0 Å². The number of hydrogen-bond acceptors (Lipinski definition) is 11. The van der Waals surface area contributed by atoms with Crippen molar-refractivity contribution < 1.29 is 47.7 Å². The first-order chi connectivity index (χ1) is 16.7. The number of ether oxygens (including phenoxy) is 5. The van der Waals surface area contributed by atoms with Crippen molar-refractivity contribution in [2.75, 3.05) is 45.0 Å². The molecule has 0 aromatic heterocycles. The molecule has 0 aliphatic carbocycles. The lowest BCUT2D eigenvalue weighted by Gasteiger charge is -2.38. The van der Waals surface area contributed by atoms with Crippen molar-refractivity contribution in [1.82, 2.24) is 0 Å². The standard InChI is InChI=1S/C24H31NO10/c1-6-32-19(27)23(20(28)33-7-2)15-25(16-13-11-10-12-14-16)17(18(26)31-5)24(23,21(29)34-8-3)22(30)35-9-4/h10-14,17H,6-9,15H2,1-5H3. The molecule has 0 bridgehead atoms. The number of carbonyl (C=O) groups is 5. The van der Waals surface area contributed by atoms with E-state index in [1.807, 2.05) is 0 Å². The van der Waals surface area contributed by atoms with Crippen molar-refractivity contribution in [3.8, 4) is 0 Å². The van der Waals surface area contributed by atoms with Crippen LogP contribution in [0.2, 0.25) is 0 Å². The minimum absolute atomic E-state index is 0.185. The van der Waals surface area contributed by atoms with Crippen molar-refractivity contribution in [3.05, 3.63) is 30.3 Å². The molecular formula is C24H31NO10. The summed E-state index contributed by atoms with van der Waals surface area (Å²) in [5.74, 6) is -6.15. The fraction of sp³-hybridized carbons (Fsp3) is 0.542. The van der Waals surface area contributed by atoms with Crippen LogP contribution < -0.4 is 4.90 Å². The zero-order valence-corrected chi connectivity index (χ0v) is 20.5. The van der Waals surface area contributed by atoms with Crippen LogP contribution in [0.4, 0.5) is 5.69 Å². The average Bonchev–Trinajstić information content (AvgIpc) is 3.19. The summed E-state index contributed by atoms with van der Waals surface area (Å²) in [6, 6.07) is 6.36. The van der Waals surface area contributed by atoms with Crippen LogP contribution in [0, 0.1) is 10.8 Å². The first kappa shape index (κ1) is 27.6.